The van der Waals surface area contributed by atoms with Crippen molar-refractivity contribution in [1.29, 1.82) is 0 Å². The molecule has 176 valence electrons. The fourth-order valence-electron chi connectivity index (χ4n) is 3.81. The normalized spacial score (nSPS) is 12.1. The summed E-state index contributed by atoms with van der Waals surface area (Å²) < 4.78 is 42.8. The van der Waals surface area contributed by atoms with Gasteiger partial charge in [0, 0.05) is 22.2 Å². The molecule has 3 aromatic carbocycles. The Morgan fingerprint density at radius 1 is 1.00 bits per heavy atom. The van der Waals surface area contributed by atoms with E-state index in [2.05, 4.69) is 9.71 Å². The zero-order valence-electron chi connectivity index (χ0n) is 19.2. The van der Waals surface area contributed by atoms with Crippen molar-refractivity contribution in [3.63, 3.8) is 0 Å². The average Bonchev–Trinajstić information content (AvgIpc) is 3.14. The molecule has 0 aliphatic rings. The topological polar surface area (TPSA) is 99.3 Å². The number of hydrogen-bond acceptors (Lipinski definition) is 3. The number of benzene rings is 3. The van der Waals surface area contributed by atoms with Gasteiger partial charge in [-0.1, -0.05) is 45.0 Å². The lowest BCUT2D eigenvalue weighted by Crippen LogP contribution is -2.14. The zero-order valence-corrected chi connectivity index (χ0v) is 20.0. The number of fused-ring (bicyclic) bond motifs is 1. The maximum atomic E-state index is 14.2. The van der Waals surface area contributed by atoms with E-state index in [0.29, 0.717) is 22.0 Å². The van der Waals surface area contributed by atoms with Gasteiger partial charge < -0.3 is 10.1 Å². The van der Waals surface area contributed by atoms with E-state index in [0.717, 1.165) is 5.56 Å². The first kappa shape index (κ1) is 23.5. The van der Waals surface area contributed by atoms with Crippen LogP contribution < -0.4 is 4.72 Å². The van der Waals surface area contributed by atoms with Crippen LogP contribution >= 0.6 is 0 Å². The molecule has 0 fully saturated rings. The Morgan fingerprint density at radius 3 is 2.26 bits per heavy atom. The predicted molar refractivity (Wildman–Crippen MR) is 131 cm³/mol. The van der Waals surface area contributed by atoms with Crippen LogP contribution in [0.1, 0.15) is 42.4 Å². The summed E-state index contributed by atoms with van der Waals surface area (Å²) in [5.41, 5.74) is 2.66. The number of sulfonamides is 1. The molecule has 0 unspecified atom stereocenters. The first-order chi connectivity index (χ1) is 15.9. The van der Waals surface area contributed by atoms with Gasteiger partial charge in [0.25, 0.3) is 10.0 Å². The molecule has 4 aromatic rings. The molecule has 0 atom stereocenters. The molecule has 0 aliphatic heterocycles. The number of H-pyrrole nitrogens is 1. The van der Waals surface area contributed by atoms with Crippen molar-refractivity contribution in [3.05, 3.63) is 83.3 Å². The third-order valence-electron chi connectivity index (χ3n) is 5.76. The number of carbonyl (C=O) groups is 1. The SMILES string of the molecule is Cc1ccc(-c2c(C(=O)O)[nH]c3ccc(NS(=O)(=O)c4ccc(C(C)(C)C)cc4)cc23)cc1F. The minimum atomic E-state index is -3.88. The minimum absolute atomic E-state index is 0.101. The van der Waals surface area contributed by atoms with Crippen molar-refractivity contribution in [2.45, 2.75) is 38.0 Å². The molecule has 0 amide bonds. The average molecular weight is 481 g/mol. The van der Waals surface area contributed by atoms with Gasteiger partial charge in [-0.05, 0) is 65.4 Å². The molecule has 3 N–H and O–H groups in total. The summed E-state index contributed by atoms with van der Waals surface area (Å²) >= 11 is 0. The Bertz CT molecular complexity index is 1520. The highest BCUT2D eigenvalue weighted by Gasteiger charge is 2.22. The maximum absolute atomic E-state index is 14.2. The standard InChI is InChI=1S/C26H25FN2O4S/c1-15-5-6-16(13-21(15)27)23-20-14-18(9-12-22(20)28-24(23)25(30)31)29-34(32,33)19-10-7-17(8-11-19)26(2,3)4/h5-14,28-29H,1-4H3,(H,30,31). The summed E-state index contributed by atoms with van der Waals surface area (Å²) in [5.74, 6) is -1.66. The Balaban J connectivity index is 1.77. The molecule has 4 rings (SSSR count). The van der Waals surface area contributed by atoms with Crippen molar-refractivity contribution in [2.75, 3.05) is 4.72 Å². The third-order valence-corrected chi connectivity index (χ3v) is 7.15. The Labute approximate surface area is 197 Å². The number of carboxylic acid groups (broad SMARTS) is 1. The van der Waals surface area contributed by atoms with Crippen molar-refractivity contribution < 1.29 is 22.7 Å². The Morgan fingerprint density at radius 2 is 1.68 bits per heavy atom. The highest BCUT2D eigenvalue weighted by atomic mass is 32.2. The van der Waals surface area contributed by atoms with Gasteiger partial charge in [-0.2, -0.15) is 0 Å². The second kappa shape index (κ2) is 8.29. The third kappa shape index (κ3) is 4.41. The van der Waals surface area contributed by atoms with Gasteiger partial charge in [-0.3, -0.25) is 4.72 Å². The fraction of sp³-hybridized carbons (Fsp3) is 0.192. The second-order valence-electron chi connectivity index (χ2n) is 9.28. The fourth-order valence-corrected chi connectivity index (χ4v) is 4.86. The highest BCUT2D eigenvalue weighted by Crippen LogP contribution is 2.35. The molecule has 0 radical (unpaired) electrons. The number of anilines is 1. The molecule has 1 aromatic heterocycles. The van der Waals surface area contributed by atoms with E-state index in [9.17, 15) is 22.7 Å². The van der Waals surface area contributed by atoms with E-state index < -0.39 is 21.8 Å². The van der Waals surface area contributed by atoms with Crippen molar-refractivity contribution in [1.82, 2.24) is 4.98 Å². The number of aromatic amines is 1. The number of hydrogen-bond donors (Lipinski definition) is 3. The number of aryl methyl sites for hydroxylation is 1. The van der Waals surface area contributed by atoms with Gasteiger partial charge in [0.15, 0.2) is 0 Å². The molecule has 6 nitrogen and oxygen atoms in total. The van der Waals surface area contributed by atoms with Crippen molar-refractivity contribution >= 4 is 32.6 Å². The molecule has 0 saturated heterocycles. The molecule has 0 saturated carbocycles. The second-order valence-corrected chi connectivity index (χ2v) is 11.0. The zero-order chi connectivity index (χ0) is 24.8. The van der Waals surface area contributed by atoms with Crippen LogP contribution in [0.4, 0.5) is 10.1 Å². The quantitative estimate of drug-likeness (QED) is 0.322. The molecule has 1 heterocycles. The number of aromatic nitrogens is 1. The van der Waals surface area contributed by atoms with Gasteiger partial charge in [0.05, 0.1) is 4.90 Å². The van der Waals surface area contributed by atoms with E-state index in [-0.39, 0.29) is 27.3 Å². The molecule has 0 bridgehead atoms. The largest absolute Gasteiger partial charge is 0.477 e. The number of aromatic carboxylic acids is 1. The van der Waals surface area contributed by atoms with E-state index >= 15 is 0 Å². The van der Waals surface area contributed by atoms with Gasteiger partial charge in [0.2, 0.25) is 0 Å². The Hall–Kier alpha value is -3.65. The van der Waals surface area contributed by atoms with Gasteiger partial charge in [-0.15, -0.1) is 0 Å². The summed E-state index contributed by atoms with van der Waals surface area (Å²) in [6.45, 7) is 7.75. The van der Waals surface area contributed by atoms with E-state index in [1.807, 2.05) is 20.8 Å². The van der Waals surface area contributed by atoms with Crippen LogP contribution in [0, 0.1) is 12.7 Å². The molecule has 0 aliphatic carbocycles. The van der Waals surface area contributed by atoms with Crippen LogP contribution in [-0.4, -0.2) is 24.5 Å². The van der Waals surface area contributed by atoms with Gasteiger partial charge in [-0.25, -0.2) is 17.6 Å². The predicted octanol–water partition coefficient (Wildman–Crippen LogP) is 6.08. The highest BCUT2D eigenvalue weighted by molar-refractivity contribution is 7.92. The number of carboxylic acids is 1. The molecule has 0 spiro atoms. The summed E-state index contributed by atoms with van der Waals surface area (Å²) in [6, 6.07) is 15.9. The van der Waals surface area contributed by atoms with Crippen molar-refractivity contribution in [3.8, 4) is 11.1 Å². The minimum Gasteiger partial charge on any atom is -0.477 e. The lowest BCUT2D eigenvalue weighted by Gasteiger charge is -2.19. The number of rotatable bonds is 5. The summed E-state index contributed by atoms with van der Waals surface area (Å²) in [6.07, 6.45) is 0. The number of halogens is 1. The van der Waals surface area contributed by atoms with Crippen LogP contribution in [0.25, 0.3) is 22.0 Å². The summed E-state index contributed by atoms with van der Waals surface area (Å²) in [4.78, 5) is 14.8. The molecular weight excluding hydrogens is 455 g/mol. The van der Waals surface area contributed by atoms with Gasteiger partial charge >= 0.3 is 5.97 Å². The maximum Gasteiger partial charge on any atom is 0.352 e. The van der Waals surface area contributed by atoms with Crippen LogP contribution in [0.2, 0.25) is 0 Å². The smallest absolute Gasteiger partial charge is 0.352 e. The van der Waals surface area contributed by atoms with Gasteiger partial charge in [0.1, 0.15) is 11.5 Å². The van der Waals surface area contributed by atoms with E-state index in [1.54, 1.807) is 61.5 Å². The first-order valence-corrected chi connectivity index (χ1v) is 12.1. The van der Waals surface area contributed by atoms with E-state index in [1.165, 1.54) is 6.07 Å². The molecule has 8 heteroatoms. The van der Waals surface area contributed by atoms with Crippen LogP contribution in [0.15, 0.2) is 65.6 Å². The van der Waals surface area contributed by atoms with E-state index in [4.69, 9.17) is 0 Å². The Kier molecular flexibility index (Phi) is 5.73. The van der Waals surface area contributed by atoms with Crippen LogP contribution in [0.3, 0.4) is 0 Å². The number of nitrogens with one attached hydrogen (secondary N) is 2. The summed E-state index contributed by atoms with van der Waals surface area (Å²) in [5, 5.41) is 10.2. The first-order valence-electron chi connectivity index (χ1n) is 10.7. The lowest BCUT2D eigenvalue weighted by molar-refractivity contribution is 0.0692. The lowest BCUT2D eigenvalue weighted by atomic mass is 9.87. The summed E-state index contributed by atoms with van der Waals surface area (Å²) in [7, 11) is -3.88. The van der Waals surface area contributed by atoms with Crippen LogP contribution in [0.5, 0.6) is 0 Å². The molecule has 34 heavy (non-hydrogen) atoms. The van der Waals surface area contributed by atoms with Crippen molar-refractivity contribution in [2.24, 2.45) is 0 Å². The monoisotopic (exact) mass is 480 g/mol. The van der Waals surface area contributed by atoms with Crippen LogP contribution in [-0.2, 0) is 15.4 Å². The molecular formula is C26H25FN2O4S.